The van der Waals surface area contributed by atoms with Gasteiger partial charge in [-0.1, -0.05) is 35.9 Å². The molecule has 1 aromatic heterocycles. The lowest BCUT2D eigenvalue weighted by molar-refractivity contribution is -0.113. The smallest absolute Gasteiger partial charge is 0.235 e. The molecule has 0 aliphatic carbocycles. The van der Waals surface area contributed by atoms with Gasteiger partial charge in [0.1, 0.15) is 5.82 Å². The fourth-order valence-electron chi connectivity index (χ4n) is 1.73. The van der Waals surface area contributed by atoms with Gasteiger partial charge in [0.05, 0.1) is 5.75 Å². The molecular formula is C16H18N2OS. The molecule has 20 heavy (non-hydrogen) atoms. The molecule has 1 amide bonds. The van der Waals surface area contributed by atoms with Crippen molar-refractivity contribution in [3.8, 4) is 0 Å². The zero-order valence-corrected chi connectivity index (χ0v) is 12.5. The third-order valence-electron chi connectivity index (χ3n) is 2.89. The molecule has 1 aromatic carbocycles. The molecule has 0 fully saturated rings. The number of amides is 1. The highest BCUT2D eigenvalue weighted by molar-refractivity contribution is 7.99. The Kier molecular flexibility index (Phi) is 5.18. The second-order valence-corrected chi connectivity index (χ2v) is 5.68. The summed E-state index contributed by atoms with van der Waals surface area (Å²) in [5.41, 5.74) is 3.47. The Hall–Kier alpha value is -1.81. The minimum atomic E-state index is -0.0103. The molecule has 0 aliphatic rings. The van der Waals surface area contributed by atoms with Gasteiger partial charge in [0, 0.05) is 11.9 Å². The summed E-state index contributed by atoms with van der Waals surface area (Å²) in [5.74, 6) is 1.91. The van der Waals surface area contributed by atoms with Crippen molar-refractivity contribution >= 4 is 23.5 Å². The fraction of sp³-hybridized carbons (Fsp3) is 0.250. The lowest BCUT2D eigenvalue weighted by Gasteiger charge is -2.07. The molecule has 3 nitrogen and oxygen atoms in total. The van der Waals surface area contributed by atoms with Gasteiger partial charge in [0.2, 0.25) is 5.91 Å². The molecule has 1 heterocycles. The van der Waals surface area contributed by atoms with Crippen LogP contribution in [0.4, 0.5) is 5.82 Å². The number of thioether (sulfide) groups is 1. The highest BCUT2D eigenvalue weighted by atomic mass is 32.2. The van der Waals surface area contributed by atoms with Gasteiger partial charge in [-0.2, -0.15) is 0 Å². The molecule has 0 atom stereocenters. The largest absolute Gasteiger partial charge is 0.310 e. The summed E-state index contributed by atoms with van der Waals surface area (Å²) in [4.78, 5) is 16.0. The minimum absolute atomic E-state index is 0.0103. The van der Waals surface area contributed by atoms with E-state index in [0.29, 0.717) is 11.6 Å². The number of aromatic nitrogens is 1. The fourth-order valence-corrected chi connectivity index (χ4v) is 2.52. The normalized spacial score (nSPS) is 10.3. The molecule has 104 valence electrons. The van der Waals surface area contributed by atoms with Crippen LogP contribution in [0.5, 0.6) is 0 Å². The van der Waals surface area contributed by atoms with E-state index in [2.05, 4.69) is 41.5 Å². The molecule has 0 saturated carbocycles. The van der Waals surface area contributed by atoms with Crippen LogP contribution < -0.4 is 5.32 Å². The van der Waals surface area contributed by atoms with Crippen LogP contribution in [0, 0.1) is 13.8 Å². The second kappa shape index (κ2) is 7.10. The Morgan fingerprint density at radius 1 is 1.20 bits per heavy atom. The lowest BCUT2D eigenvalue weighted by atomic mass is 10.2. The van der Waals surface area contributed by atoms with Crippen molar-refractivity contribution in [2.24, 2.45) is 0 Å². The molecule has 2 aromatic rings. The Morgan fingerprint density at radius 3 is 2.65 bits per heavy atom. The van der Waals surface area contributed by atoms with Crippen LogP contribution in [0.1, 0.15) is 16.7 Å². The number of aryl methyl sites for hydroxylation is 2. The number of benzene rings is 1. The van der Waals surface area contributed by atoms with Crippen molar-refractivity contribution in [3.63, 3.8) is 0 Å². The third-order valence-corrected chi connectivity index (χ3v) is 3.89. The number of pyridine rings is 1. The summed E-state index contributed by atoms with van der Waals surface area (Å²) in [5, 5.41) is 2.83. The Morgan fingerprint density at radius 2 is 1.95 bits per heavy atom. The van der Waals surface area contributed by atoms with Gasteiger partial charge in [-0.15, -0.1) is 11.8 Å². The van der Waals surface area contributed by atoms with E-state index in [-0.39, 0.29) is 5.91 Å². The maximum atomic E-state index is 11.8. The summed E-state index contributed by atoms with van der Waals surface area (Å²) < 4.78 is 0. The number of hydrogen-bond acceptors (Lipinski definition) is 3. The number of anilines is 1. The van der Waals surface area contributed by atoms with Crippen molar-refractivity contribution in [1.29, 1.82) is 0 Å². The quantitative estimate of drug-likeness (QED) is 0.913. The number of nitrogens with zero attached hydrogens (tertiary/aromatic N) is 1. The predicted molar refractivity (Wildman–Crippen MR) is 84.9 cm³/mol. The number of hydrogen-bond donors (Lipinski definition) is 1. The summed E-state index contributed by atoms with van der Waals surface area (Å²) in [6.45, 7) is 4.00. The molecule has 0 radical (unpaired) electrons. The van der Waals surface area contributed by atoms with E-state index >= 15 is 0 Å². The highest BCUT2D eigenvalue weighted by Crippen LogP contribution is 2.14. The molecule has 0 saturated heterocycles. The van der Waals surface area contributed by atoms with Gasteiger partial charge in [-0.05, 0) is 31.0 Å². The van der Waals surface area contributed by atoms with Crippen LogP contribution in [0.3, 0.4) is 0 Å². The van der Waals surface area contributed by atoms with E-state index in [1.807, 2.05) is 19.1 Å². The maximum Gasteiger partial charge on any atom is 0.235 e. The SMILES string of the molecule is Cc1ccc(CSCC(=O)Nc2ncccc2C)cc1. The average molecular weight is 286 g/mol. The van der Waals surface area contributed by atoms with Gasteiger partial charge in [-0.3, -0.25) is 4.79 Å². The highest BCUT2D eigenvalue weighted by Gasteiger charge is 2.05. The summed E-state index contributed by atoms with van der Waals surface area (Å²) in [6, 6.07) is 12.2. The number of rotatable bonds is 5. The number of nitrogens with one attached hydrogen (secondary N) is 1. The van der Waals surface area contributed by atoms with Crippen LogP contribution in [0.15, 0.2) is 42.6 Å². The van der Waals surface area contributed by atoms with Crippen LogP contribution in [-0.2, 0) is 10.5 Å². The topological polar surface area (TPSA) is 42.0 Å². The molecule has 0 bridgehead atoms. The lowest BCUT2D eigenvalue weighted by Crippen LogP contribution is -2.15. The zero-order chi connectivity index (χ0) is 14.4. The van der Waals surface area contributed by atoms with Crippen molar-refractivity contribution in [2.75, 3.05) is 11.1 Å². The first-order chi connectivity index (χ1) is 9.65. The van der Waals surface area contributed by atoms with E-state index in [4.69, 9.17) is 0 Å². The van der Waals surface area contributed by atoms with Crippen molar-refractivity contribution in [3.05, 3.63) is 59.3 Å². The molecule has 4 heteroatoms. The van der Waals surface area contributed by atoms with Crippen LogP contribution in [0.25, 0.3) is 0 Å². The molecule has 2 rings (SSSR count). The molecule has 0 aliphatic heterocycles. The molecular weight excluding hydrogens is 268 g/mol. The average Bonchev–Trinajstić information content (AvgIpc) is 2.44. The summed E-state index contributed by atoms with van der Waals surface area (Å²) >= 11 is 1.61. The van der Waals surface area contributed by atoms with E-state index in [0.717, 1.165) is 11.3 Å². The van der Waals surface area contributed by atoms with Crippen molar-refractivity contribution in [1.82, 2.24) is 4.98 Å². The van der Waals surface area contributed by atoms with E-state index < -0.39 is 0 Å². The van der Waals surface area contributed by atoms with Crippen LogP contribution >= 0.6 is 11.8 Å². The monoisotopic (exact) mass is 286 g/mol. The van der Waals surface area contributed by atoms with E-state index in [9.17, 15) is 4.79 Å². The zero-order valence-electron chi connectivity index (χ0n) is 11.7. The van der Waals surface area contributed by atoms with Crippen molar-refractivity contribution < 1.29 is 4.79 Å². The Bertz CT molecular complexity index is 581. The molecule has 0 unspecified atom stereocenters. The number of carbonyl (C=O) groups excluding carboxylic acids is 1. The first-order valence-electron chi connectivity index (χ1n) is 6.50. The molecule has 0 spiro atoms. The first kappa shape index (κ1) is 14.6. The maximum absolute atomic E-state index is 11.8. The van der Waals surface area contributed by atoms with Gasteiger partial charge >= 0.3 is 0 Å². The second-order valence-electron chi connectivity index (χ2n) is 4.70. The predicted octanol–water partition coefficient (Wildman–Crippen LogP) is 3.57. The summed E-state index contributed by atoms with van der Waals surface area (Å²) in [7, 11) is 0. The van der Waals surface area contributed by atoms with Crippen molar-refractivity contribution in [2.45, 2.75) is 19.6 Å². The number of carbonyl (C=O) groups is 1. The van der Waals surface area contributed by atoms with Gasteiger partial charge in [0.15, 0.2) is 0 Å². The Labute approximate surface area is 123 Å². The van der Waals surface area contributed by atoms with Crippen LogP contribution in [-0.4, -0.2) is 16.6 Å². The summed E-state index contributed by atoms with van der Waals surface area (Å²) in [6.07, 6.45) is 1.68. The van der Waals surface area contributed by atoms with Gasteiger partial charge in [0.25, 0.3) is 0 Å². The standard InChI is InChI=1S/C16H18N2OS/c1-12-5-7-14(8-6-12)10-20-11-15(19)18-16-13(2)4-3-9-17-16/h3-9H,10-11H2,1-2H3,(H,17,18,19). The van der Waals surface area contributed by atoms with Gasteiger partial charge in [-0.25, -0.2) is 4.98 Å². The minimum Gasteiger partial charge on any atom is -0.310 e. The Balaban J connectivity index is 1.78. The van der Waals surface area contributed by atoms with E-state index in [1.165, 1.54) is 11.1 Å². The van der Waals surface area contributed by atoms with Crippen LogP contribution in [0.2, 0.25) is 0 Å². The first-order valence-corrected chi connectivity index (χ1v) is 7.65. The third kappa shape index (κ3) is 4.38. The van der Waals surface area contributed by atoms with E-state index in [1.54, 1.807) is 18.0 Å². The van der Waals surface area contributed by atoms with Gasteiger partial charge < -0.3 is 5.32 Å². The molecule has 1 N–H and O–H groups in total.